The summed E-state index contributed by atoms with van der Waals surface area (Å²) in [6, 6.07) is 0. The van der Waals surface area contributed by atoms with Crippen molar-refractivity contribution in [3.05, 3.63) is 0 Å². The van der Waals surface area contributed by atoms with Crippen LogP contribution in [-0.4, -0.2) is 41.0 Å². The average Bonchev–Trinajstić information content (AvgIpc) is 2.20. The maximum absolute atomic E-state index is 11.9. The molecule has 96 valence electrons. The fourth-order valence-corrected chi connectivity index (χ4v) is 1.70. The van der Waals surface area contributed by atoms with Crippen LogP contribution in [0.5, 0.6) is 0 Å². The van der Waals surface area contributed by atoms with Crippen molar-refractivity contribution in [2.45, 2.75) is 24.6 Å². The van der Waals surface area contributed by atoms with Crippen LogP contribution in [0.3, 0.4) is 0 Å². The maximum atomic E-state index is 11.9. The lowest BCUT2D eigenvalue weighted by Gasteiger charge is -2.33. The van der Waals surface area contributed by atoms with Crippen LogP contribution in [0.2, 0.25) is 0 Å². The highest BCUT2D eigenvalue weighted by Crippen LogP contribution is 2.24. The molecule has 1 aliphatic rings. The summed E-state index contributed by atoms with van der Waals surface area (Å²) >= 11 is 2.83. The second kappa shape index (κ2) is 5.25. The van der Waals surface area contributed by atoms with Crippen molar-refractivity contribution in [2.75, 3.05) is 13.1 Å². The molecule has 0 aromatic heterocycles. The highest BCUT2D eigenvalue weighted by molar-refractivity contribution is 9.12. The summed E-state index contributed by atoms with van der Waals surface area (Å²) in [6.45, 7) is 0. The summed E-state index contributed by atoms with van der Waals surface area (Å²) < 4.78 is 35.7. The topological polar surface area (TPSA) is 49.8 Å². The summed E-state index contributed by atoms with van der Waals surface area (Å²) in [5.74, 6) is 0.243. The summed E-state index contributed by atoms with van der Waals surface area (Å²) in [7, 11) is 0. The molecule has 0 amide bonds. The van der Waals surface area contributed by atoms with E-state index in [0.717, 1.165) is 5.06 Å². The van der Waals surface area contributed by atoms with Crippen LogP contribution in [0.1, 0.15) is 12.8 Å². The van der Waals surface area contributed by atoms with Gasteiger partial charge in [-0.25, -0.2) is 4.79 Å². The smallest absolute Gasteiger partial charge is 0.377 e. The third-order valence-electron chi connectivity index (χ3n) is 2.27. The molecule has 0 unspecified atom stereocenters. The van der Waals surface area contributed by atoms with E-state index < -0.39 is 17.7 Å². The van der Waals surface area contributed by atoms with Crippen molar-refractivity contribution in [1.82, 2.24) is 5.06 Å². The van der Waals surface area contributed by atoms with Gasteiger partial charge in [0.05, 0.1) is 0 Å². The zero-order chi connectivity index (χ0) is 13.1. The first-order valence-electron chi connectivity index (χ1n) is 4.66. The Morgan fingerprint density at radius 3 is 2.35 bits per heavy atom. The summed E-state index contributed by atoms with van der Waals surface area (Å²) in [5.41, 5.74) is -1.25. The Morgan fingerprint density at radius 1 is 1.41 bits per heavy atom. The van der Waals surface area contributed by atoms with E-state index in [1.54, 1.807) is 0 Å². The Hall–Kier alpha value is -0.780. The molecular formula is C9H9BrF3NO3. The number of carbonyl (C=O) groups excluding carboxylic acids is 1. The van der Waals surface area contributed by atoms with Crippen LogP contribution >= 0.6 is 15.9 Å². The molecule has 1 saturated heterocycles. The predicted octanol–water partition coefficient (Wildman–Crippen LogP) is 1.19. The SMILES string of the molecule is O=C(ON1CCC(O)(C#CBr)CC1)C(F)(F)F. The number of halogens is 4. The molecule has 0 radical (unpaired) electrons. The van der Waals surface area contributed by atoms with Gasteiger partial charge in [0.15, 0.2) is 0 Å². The fraction of sp³-hybridized carbons (Fsp3) is 0.667. The van der Waals surface area contributed by atoms with E-state index >= 15 is 0 Å². The number of hydrogen-bond acceptors (Lipinski definition) is 4. The van der Waals surface area contributed by atoms with Crippen molar-refractivity contribution in [3.63, 3.8) is 0 Å². The molecular weight excluding hydrogens is 307 g/mol. The average molecular weight is 316 g/mol. The first-order valence-corrected chi connectivity index (χ1v) is 5.45. The van der Waals surface area contributed by atoms with Gasteiger partial charge in [0.1, 0.15) is 5.60 Å². The Balaban J connectivity index is 2.47. The van der Waals surface area contributed by atoms with Gasteiger partial charge < -0.3 is 9.94 Å². The minimum Gasteiger partial charge on any atom is -0.377 e. The normalized spacial score (nSPS) is 20.3. The number of rotatable bonds is 1. The van der Waals surface area contributed by atoms with E-state index in [1.165, 1.54) is 0 Å². The minimum absolute atomic E-state index is 0. The number of alkyl halides is 3. The van der Waals surface area contributed by atoms with Crippen LogP contribution in [0.15, 0.2) is 0 Å². The number of nitrogens with zero attached hydrogens (tertiary/aromatic N) is 1. The van der Waals surface area contributed by atoms with E-state index in [1.807, 2.05) is 0 Å². The van der Waals surface area contributed by atoms with Crippen molar-refractivity contribution < 1.29 is 27.9 Å². The highest BCUT2D eigenvalue weighted by atomic mass is 79.9. The molecule has 0 bridgehead atoms. The van der Waals surface area contributed by atoms with Crippen molar-refractivity contribution in [1.29, 1.82) is 0 Å². The lowest BCUT2D eigenvalue weighted by Crippen LogP contribution is -2.45. The summed E-state index contributed by atoms with van der Waals surface area (Å²) in [6.07, 6.45) is -4.79. The first kappa shape index (κ1) is 14.3. The number of piperidine rings is 1. The van der Waals surface area contributed by atoms with Gasteiger partial charge >= 0.3 is 12.1 Å². The third-order valence-corrected chi connectivity index (χ3v) is 2.47. The third kappa shape index (κ3) is 4.18. The lowest BCUT2D eigenvalue weighted by molar-refractivity contribution is -0.245. The van der Waals surface area contributed by atoms with E-state index in [0.29, 0.717) is 0 Å². The molecule has 0 aliphatic carbocycles. The zero-order valence-electron chi connectivity index (χ0n) is 8.55. The summed E-state index contributed by atoms with van der Waals surface area (Å²) in [4.78, 5) is 17.0. The number of hydrogen-bond donors (Lipinski definition) is 1. The standard InChI is InChI=1S/C9H9BrF3NO3/c10-4-1-8(16)2-5-14(6-3-8)17-7(15)9(11,12)13/h16H,2-3,5-6H2. The Morgan fingerprint density at radius 2 is 1.94 bits per heavy atom. The number of aliphatic hydroxyl groups is 1. The molecule has 1 fully saturated rings. The lowest BCUT2D eigenvalue weighted by atomic mass is 9.93. The zero-order valence-corrected chi connectivity index (χ0v) is 10.1. The van der Waals surface area contributed by atoms with Gasteiger partial charge in [-0.2, -0.15) is 13.2 Å². The van der Waals surface area contributed by atoms with Crippen LogP contribution in [0, 0.1) is 10.8 Å². The minimum atomic E-state index is -5.01. The largest absolute Gasteiger partial charge is 0.492 e. The molecule has 1 rings (SSSR count). The van der Waals surface area contributed by atoms with Crippen LogP contribution in [-0.2, 0) is 9.63 Å². The van der Waals surface area contributed by atoms with Gasteiger partial charge in [-0.1, -0.05) is 5.92 Å². The Labute approximate surface area is 104 Å². The van der Waals surface area contributed by atoms with Crippen LogP contribution in [0.25, 0.3) is 0 Å². The number of hydroxylamine groups is 2. The van der Waals surface area contributed by atoms with E-state index in [2.05, 4.69) is 31.5 Å². The molecule has 17 heavy (non-hydrogen) atoms. The predicted molar refractivity (Wildman–Crippen MR) is 54.6 cm³/mol. The van der Waals surface area contributed by atoms with Gasteiger partial charge in [0.2, 0.25) is 0 Å². The molecule has 1 heterocycles. The van der Waals surface area contributed by atoms with Gasteiger partial charge in [-0.15, -0.1) is 5.06 Å². The van der Waals surface area contributed by atoms with Gasteiger partial charge in [-0.3, -0.25) is 0 Å². The molecule has 0 aromatic carbocycles. The second-order valence-electron chi connectivity index (χ2n) is 3.56. The second-order valence-corrected chi connectivity index (χ2v) is 3.95. The molecule has 0 saturated carbocycles. The van der Waals surface area contributed by atoms with Crippen molar-refractivity contribution in [2.24, 2.45) is 0 Å². The van der Waals surface area contributed by atoms with Gasteiger partial charge in [0, 0.05) is 41.9 Å². The van der Waals surface area contributed by atoms with Crippen LogP contribution in [0.4, 0.5) is 13.2 Å². The highest BCUT2D eigenvalue weighted by Gasteiger charge is 2.43. The molecule has 8 heteroatoms. The van der Waals surface area contributed by atoms with E-state index in [4.69, 9.17) is 0 Å². The molecule has 0 aromatic rings. The Bertz CT molecular complexity index is 353. The molecule has 0 spiro atoms. The van der Waals surface area contributed by atoms with E-state index in [-0.39, 0.29) is 25.9 Å². The number of carbonyl (C=O) groups is 1. The van der Waals surface area contributed by atoms with Crippen molar-refractivity contribution in [3.8, 4) is 10.8 Å². The van der Waals surface area contributed by atoms with E-state index in [9.17, 15) is 23.1 Å². The Kier molecular flexibility index (Phi) is 4.41. The fourth-order valence-electron chi connectivity index (χ4n) is 1.33. The molecule has 1 N–H and O–H groups in total. The van der Waals surface area contributed by atoms with Crippen molar-refractivity contribution >= 4 is 21.9 Å². The first-order chi connectivity index (χ1) is 7.77. The van der Waals surface area contributed by atoms with Gasteiger partial charge in [0.25, 0.3) is 0 Å². The summed E-state index contributed by atoms with van der Waals surface area (Å²) in [5, 5.41) is 10.7. The molecule has 1 aliphatic heterocycles. The van der Waals surface area contributed by atoms with Crippen LogP contribution < -0.4 is 0 Å². The molecule has 0 atom stereocenters. The quantitative estimate of drug-likeness (QED) is 0.739. The van der Waals surface area contributed by atoms with Gasteiger partial charge in [-0.05, 0) is 4.83 Å². The maximum Gasteiger partial charge on any atom is 0.492 e. The monoisotopic (exact) mass is 315 g/mol. The molecule has 4 nitrogen and oxygen atoms in total.